The average molecular weight is 316 g/mol. The maximum Gasteiger partial charge on any atom is 0.226 e. The van der Waals surface area contributed by atoms with Gasteiger partial charge in [0.1, 0.15) is 0 Å². The molecule has 1 aliphatic carbocycles. The third-order valence-corrected chi connectivity index (χ3v) is 5.98. The number of rotatable bonds is 5. The van der Waals surface area contributed by atoms with Crippen LogP contribution in [-0.2, 0) is 19.4 Å². The molecule has 2 amide bonds. The molecule has 1 N–H and O–H groups in total. The van der Waals surface area contributed by atoms with E-state index in [-0.39, 0.29) is 41.2 Å². The molecule has 1 saturated carbocycles. The molecule has 2 rings (SSSR count). The summed E-state index contributed by atoms with van der Waals surface area (Å²) in [6, 6.07) is -0.234. The summed E-state index contributed by atoms with van der Waals surface area (Å²) >= 11 is 0. The van der Waals surface area contributed by atoms with Gasteiger partial charge >= 0.3 is 0 Å². The highest BCUT2D eigenvalue weighted by Crippen LogP contribution is 2.40. The smallest absolute Gasteiger partial charge is 0.226 e. The lowest BCUT2D eigenvalue weighted by molar-refractivity contribution is -0.135. The van der Waals surface area contributed by atoms with Crippen molar-refractivity contribution in [1.82, 2.24) is 10.2 Å². The van der Waals surface area contributed by atoms with E-state index < -0.39 is 9.84 Å². The second kappa shape index (κ2) is 5.94. The lowest BCUT2D eigenvalue weighted by Gasteiger charge is -2.23. The number of amides is 2. The van der Waals surface area contributed by atoms with Gasteiger partial charge in [-0.3, -0.25) is 9.59 Å². The molecule has 7 heteroatoms. The fourth-order valence-electron chi connectivity index (χ4n) is 2.72. The van der Waals surface area contributed by atoms with Crippen molar-refractivity contribution in [2.45, 2.75) is 32.7 Å². The van der Waals surface area contributed by atoms with Gasteiger partial charge in [-0.1, -0.05) is 13.8 Å². The fraction of sp³-hybridized carbons (Fsp3) is 0.857. The van der Waals surface area contributed by atoms with Gasteiger partial charge in [-0.15, -0.1) is 0 Å². The Morgan fingerprint density at radius 2 is 1.95 bits per heavy atom. The summed E-state index contributed by atoms with van der Waals surface area (Å²) in [6.07, 6.45) is 1.08. The van der Waals surface area contributed by atoms with Gasteiger partial charge in [0.05, 0.1) is 23.3 Å². The number of carbonyl (C=O) groups excluding carboxylic acids is 2. The van der Waals surface area contributed by atoms with Crippen molar-refractivity contribution in [3.05, 3.63) is 0 Å². The molecule has 1 aliphatic heterocycles. The van der Waals surface area contributed by atoms with E-state index >= 15 is 0 Å². The van der Waals surface area contributed by atoms with Crippen molar-refractivity contribution >= 4 is 21.7 Å². The molecule has 3 unspecified atom stereocenters. The topological polar surface area (TPSA) is 83.6 Å². The average Bonchev–Trinajstić information content (AvgIpc) is 3.12. The Morgan fingerprint density at radius 1 is 1.29 bits per heavy atom. The minimum absolute atomic E-state index is 0.0478. The first-order valence-electron chi connectivity index (χ1n) is 7.46. The summed E-state index contributed by atoms with van der Waals surface area (Å²) in [5, 5.41) is 2.84. The number of nitrogens with zero attached hydrogens (tertiary/aromatic N) is 1. The molecular formula is C14H24N2O4S. The quantitative estimate of drug-likeness (QED) is 0.776. The van der Waals surface area contributed by atoms with E-state index in [1.54, 1.807) is 7.05 Å². The first kappa shape index (κ1) is 16.3. The molecule has 0 bridgehead atoms. The van der Waals surface area contributed by atoms with Crippen LogP contribution in [0.2, 0.25) is 0 Å². The largest absolute Gasteiger partial charge is 0.356 e. The molecule has 2 fully saturated rings. The van der Waals surface area contributed by atoms with Crippen molar-refractivity contribution < 1.29 is 18.0 Å². The predicted octanol–water partition coefficient (Wildman–Crippen LogP) is 0.0402. The van der Waals surface area contributed by atoms with Gasteiger partial charge in [-0.2, -0.15) is 0 Å². The molecule has 1 saturated heterocycles. The van der Waals surface area contributed by atoms with E-state index in [0.29, 0.717) is 25.3 Å². The predicted molar refractivity (Wildman–Crippen MR) is 79.3 cm³/mol. The zero-order valence-electron chi connectivity index (χ0n) is 12.8. The Bertz CT molecular complexity index is 529. The van der Waals surface area contributed by atoms with E-state index in [1.807, 2.05) is 13.8 Å². The number of hydrogen-bond acceptors (Lipinski definition) is 4. The molecule has 0 aromatic heterocycles. The number of sulfone groups is 1. The summed E-state index contributed by atoms with van der Waals surface area (Å²) in [5.74, 6) is -0.0866. The molecule has 0 aromatic rings. The Kier molecular flexibility index (Phi) is 4.60. The molecule has 21 heavy (non-hydrogen) atoms. The van der Waals surface area contributed by atoms with E-state index in [2.05, 4.69) is 5.32 Å². The summed E-state index contributed by atoms with van der Waals surface area (Å²) in [7, 11) is -1.35. The molecule has 0 aromatic carbocycles. The van der Waals surface area contributed by atoms with Crippen LogP contribution in [0.3, 0.4) is 0 Å². The molecule has 120 valence electrons. The third-order valence-electron chi connectivity index (χ3n) is 4.23. The summed E-state index contributed by atoms with van der Waals surface area (Å²) in [5.41, 5.74) is 0. The normalized spacial score (nSPS) is 30.2. The van der Waals surface area contributed by atoms with Crippen molar-refractivity contribution in [3.63, 3.8) is 0 Å². The number of hydrogen-bond donors (Lipinski definition) is 1. The molecule has 6 nitrogen and oxygen atoms in total. The molecule has 1 heterocycles. The Hall–Kier alpha value is -1.11. The molecule has 0 spiro atoms. The summed E-state index contributed by atoms with van der Waals surface area (Å²) in [4.78, 5) is 25.7. The number of nitrogens with one attached hydrogen (secondary N) is 1. The SMILES string of the molecule is CC(C)CNC(=O)C1CC1C(=O)N(C)C1CCS(=O)(=O)C1. The fourth-order valence-corrected chi connectivity index (χ4v) is 4.49. The van der Waals surface area contributed by atoms with Crippen molar-refractivity contribution in [2.75, 3.05) is 25.1 Å². The minimum Gasteiger partial charge on any atom is -0.356 e. The third kappa shape index (κ3) is 3.96. The molecule has 3 atom stereocenters. The van der Waals surface area contributed by atoms with Gasteiger partial charge in [0.2, 0.25) is 11.8 Å². The second-order valence-electron chi connectivity index (χ2n) is 6.59. The van der Waals surface area contributed by atoms with E-state index in [9.17, 15) is 18.0 Å². The van der Waals surface area contributed by atoms with Gasteiger partial charge in [0.15, 0.2) is 9.84 Å². The zero-order chi connectivity index (χ0) is 15.8. The maximum absolute atomic E-state index is 12.3. The summed E-state index contributed by atoms with van der Waals surface area (Å²) in [6.45, 7) is 4.65. The van der Waals surface area contributed by atoms with E-state index in [0.717, 1.165) is 0 Å². The van der Waals surface area contributed by atoms with E-state index in [1.165, 1.54) is 4.90 Å². The number of carbonyl (C=O) groups is 2. The molecule has 2 aliphatic rings. The lowest BCUT2D eigenvalue weighted by Crippen LogP contribution is -2.40. The maximum atomic E-state index is 12.3. The highest BCUT2D eigenvalue weighted by molar-refractivity contribution is 7.91. The van der Waals surface area contributed by atoms with Crippen LogP contribution in [0.1, 0.15) is 26.7 Å². The minimum atomic E-state index is -3.00. The monoisotopic (exact) mass is 316 g/mol. The van der Waals surface area contributed by atoms with Crippen LogP contribution in [0.5, 0.6) is 0 Å². The van der Waals surface area contributed by atoms with Crippen LogP contribution in [0.4, 0.5) is 0 Å². The second-order valence-corrected chi connectivity index (χ2v) is 8.82. The highest BCUT2D eigenvalue weighted by Gasteiger charge is 2.50. The molecular weight excluding hydrogens is 292 g/mol. The first-order valence-corrected chi connectivity index (χ1v) is 9.28. The van der Waals surface area contributed by atoms with Gasteiger partial charge < -0.3 is 10.2 Å². The van der Waals surface area contributed by atoms with Gasteiger partial charge in [-0.05, 0) is 18.8 Å². The highest BCUT2D eigenvalue weighted by atomic mass is 32.2. The van der Waals surface area contributed by atoms with Gasteiger partial charge in [-0.25, -0.2) is 8.42 Å². The summed E-state index contributed by atoms with van der Waals surface area (Å²) < 4.78 is 22.9. The van der Waals surface area contributed by atoms with Crippen LogP contribution in [0.25, 0.3) is 0 Å². The Morgan fingerprint density at radius 3 is 2.48 bits per heavy atom. The van der Waals surface area contributed by atoms with Crippen LogP contribution < -0.4 is 5.32 Å². The lowest BCUT2D eigenvalue weighted by atomic mass is 10.2. The van der Waals surface area contributed by atoms with Crippen molar-refractivity contribution in [1.29, 1.82) is 0 Å². The standard InChI is InChI=1S/C14H24N2O4S/c1-9(2)7-15-13(17)11-6-12(11)14(18)16(3)10-4-5-21(19,20)8-10/h9-12H,4-8H2,1-3H3,(H,15,17). The first-order chi connectivity index (χ1) is 9.71. The zero-order valence-corrected chi connectivity index (χ0v) is 13.6. The van der Waals surface area contributed by atoms with E-state index in [4.69, 9.17) is 0 Å². The molecule has 0 radical (unpaired) electrons. The van der Waals surface area contributed by atoms with Gasteiger partial charge in [0, 0.05) is 19.6 Å². The van der Waals surface area contributed by atoms with Crippen LogP contribution in [0, 0.1) is 17.8 Å². The van der Waals surface area contributed by atoms with Crippen molar-refractivity contribution in [3.8, 4) is 0 Å². The van der Waals surface area contributed by atoms with Crippen LogP contribution >= 0.6 is 0 Å². The van der Waals surface area contributed by atoms with Crippen LogP contribution in [0.15, 0.2) is 0 Å². The van der Waals surface area contributed by atoms with Gasteiger partial charge in [0.25, 0.3) is 0 Å². The Balaban J connectivity index is 1.84. The Labute approximate surface area is 126 Å². The van der Waals surface area contributed by atoms with Crippen molar-refractivity contribution in [2.24, 2.45) is 17.8 Å². The van der Waals surface area contributed by atoms with Crippen LogP contribution in [-0.4, -0.2) is 56.3 Å².